The molecule has 1 amide bonds. The van der Waals surface area contributed by atoms with Gasteiger partial charge in [-0.15, -0.1) is 5.10 Å². The van der Waals surface area contributed by atoms with Gasteiger partial charge in [-0.05, 0) is 42.2 Å². The van der Waals surface area contributed by atoms with Gasteiger partial charge in [0.2, 0.25) is 5.91 Å². The van der Waals surface area contributed by atoms with Crippen molar-refractivity contribution in [2.75, 3.05) is 0 Å². The lowest BCUT2D eigenvalue weighted by Crippen LogP contribution is -2.09. The zero-order chi connectivity index (χ0) is 21.9. The Balaban J connectivity index is 1.34. The molecule has 1 saturated carbocycles. The molecule has 0 spiro atoms. The molecule has 1 fully saturated rings. The molecule has 0 saturated heterocycles. The second-order valence-electron chi connectivity index (χ2n) is 7.96. The van der Waals surface area contributed by atoms with E-state index in [1.807, 2.05) is 28.6 Å². The molecule has 2 aromatic carbocycles. The number of carbonyl (C=O) groups is 1. The fourth-order valence-corrected chi connectivity index (χ4v) is 4.16. The van der Waals surface area contributed by atoms with Crippen molar-refractivity contribution in [1.82, 2.24) is 24.8 Å². The number of hydrogen-bond acceptors (Lipinski definition) is 4. The molecule has 5 rings (SSSR count). The third-order valence-corrected chi connectivity index (χ3v) is 5.89. The van der Waals surface area contributed by atoms with Crippen molar-refractivity contribution in [2.24, 2.45) is 4.99 Å². The quantitative estimate of drug-likeness (QED) is 0.456. The van der Waals surface area contributed by atoms with Crippen molar-refractivity contribution in [2.45, 2.75) is 38.6 Å². The van der Waals surface area contributed by atoms with Crippen molar-refractivity contribution in [3.63, 3.8) is 0 Å². The molecule has 0 N–H and O–H groups in total. The lowest BCUT2D eigenvalue weighted by atomic mass is 10.0. The zero-order valence-electron chi connectivity index (χ0n) is 17.9. The predicted octanol–water partition coefficient (Wildman–Crippen LogP) is 4.90. The standard InChI is InChI=1S/C25H24N6O/c1-2-25(32)28-21-10-13-23(16-21)31-24(17-26-29-31)20-6-4-18(5-7-20)19-8-11-22(12-9-19)30-15-3-14-27-30/h3-9,11-12,14-15,17,23H,2,10,13,16H2,1H3/t23-/m1/s1. The van der Waals surface area contributed by atoms with Crippen molar-refractivity contribution in [1.29, 1.82) is 0 Å². The molecule has 7 heteroatoms. The molecule has 2 aromatic heterocycles. The van der Waals surface area contributed by atoms with Gasteiger partial charge in [-0.3, -0.25) is 4.79 Å². The highest BCUT2D eigenvalue weighted by atomic mass is 16.1. The van der Waals surface area contributed by atoms with Gasteiger partial charge in [-0.25, -0.2) is 14.4 Å². The van der Waals surface area contributed by atoms with Gasteiger partial charge >= 0.3 is 0 Å². The maximum atomic E-state index is 11.7. The molecule has 32 heavy (non-hydrogen) atoms. The number of rotatable bonds is 5. The molecular formula is C25H24N6O. The van der Waals surface area contributed by atoms with E-state index >= 15 is 0 Å². The topological polar surface area (TPSA) is 78.0 Å². The minimum Gasteiger partial charge on any atom is -0.273 e. The highest BCUT2D eigenvalue weighted by Crippen LogP contribution is 2.32. The van der Waals surface area contributed by atoms with Crippen LogP contribution in [0, 0.1) is 0 Å². The number of carbonyl (C=O) groups excluding carboxylic acids is 1. The van der Waals surface area contributed by atoms with Crippen molar-refractivity contribution in [3.8, 4) is 28.1 Å². The Hall–Kier alpha value is -3.87. The van der Waals surface area contributed by atoms with E-state index in [1.165, 1.54) is 0 Å². The Kier molecular flexibility index (Phi) is 5.46. The normalized spacial score (nSPS) is 17.2. The van der Waals surface area contributed by atoms with E-state index in [4.69, 9.17) is 0 Å². The SMILES string of the molecule is CCC(=O)N=C1CC[C@@H](n2nncc2-c2ccc(-c3ccc(-n4cccn4)cc3)cc2)C1. The third kappa shape index (κ3) is 4.01. The van der Waals surface area contributed by atoms with Gasteiger partial charge in [-0.2, -0.15) is 5.10 Å². The summed E-state index contributed by atoms with van der Waals surface area (Å²) < 4.78 is 3.82. The van der Waals surface area contributed by atoms with Crippen LogP contribution in [-0.4, -0.2) is 36.4 Å². The van der Waals surface area contributed by atoms with Crippen LogP contribution in [0.15, 0.2) is 78.2 Å². The van der Waals surface area contributed by atoms with Crippen LogP contribution in [0.2, 0.25) is 0 Å². The summed E-state index contributed by atoms with van der Waals surface area (Å²) in [4.78, 5) is 15.9. The van der Waals surface area contributed by atoms with E-state index in [-0.39, 0.29) is 11.9 Å². The van der Waals surface area contributed by atoms with Crippen LogP contribution in [-0.2, 0) is 4.79 Å². The molecule has 0 aliphatic heterocycles. The predicted molar refractivity (Wildman–Crippen MR) is 124 cm³/mol. The minimum atomic E-state index is -0.0484. The van der Waals surface area contributed by atoms with Crippen molar-refractivity contribution < 1.29 is 4.79 Å². The van der Waals surface area contributed by atoms with Crippen LogP contribution in [0.25, 0.3) is 28.1 Å². The third-order valence-electron chi connectivity index (χ3n) is 5.89. The van der Waals surface area contributed by atoms with E-state index in [0.717, 1.165) is 53.0 Å². The molecule has 1 aliphatic carbocycles. The summed E-state index contributed by atoms with van der Waals surface area (Å²) in [5.41, 5.74) is 6.35. The van der Waals surface area contributed by atoms with Crippen molar-refractivity contribution >= 4 is 11.6 Å². The molecule has 0 bridgehead atoms. The van der Waals surface area contributed by atoms with E-state index < -0.39 is 0 Å². The number of benzene rings is 2. The maximum Gasteiger partial charge on any atom is 0.245 e. The van der Waals surface area contributed by atoms with Crippen LogP contribution < -0.4 is 0 Å². The maximum absolute atomic E-state index is 11.7. The molecule has 160 valence electrons. The average molecular weight is 425 g/mol. The summed E-state index contributed by atoms with van der Waals surface area (Å²) in [6.07, 6.45) is 8.47. The summed E-state index contributed by atoms with van der Waals surface area (Å²) in [6, 6.07) is 18.9. The molecule has 2 heterocycles. The molecule has 0 unspecified atom stereocenters. The lowest BCUT2D eigenvalue weighted by Gasteiger charge is -2.13. The summed E-state index contributed by atoms with van der Waals surface area (Å²) >= 11 is 0. The van der Waals surface area contributed by atoms with E-state index in [0.29, 0.717) is 6.42 Å². The van der Waals surface area contributed by atoms with E-state index in [9.17, 15) is 4.79 Å². The van der Waals surface area contributed by atoms with Gasteiger partial charge in [0.25, 0.3) is 0 Å². The van der Waals surface area contributed by atoms with Gasteiger partial charge in [0.05, 0.1) is 23.6 Å². The fraction of sp³-hybridized carbons (Fsp3) is 0.240. The van der Waals surface area contributed by atoms with Crippen LogP contribution in [0.4, 0.5) is 0 Å². The average Bonchev–Trinajstić information content (AvgIpc) is 3.61. The highest BCUT2D eigenvalue weighted by molar-refractivity contribution is 5.96. The van der Waals surface area contributed by atoms with Gasteiger partial charge < -0.3 is 0 Å². The molecular weight excluding hydrogens is 400 g/mol. The Morgan fingerprint density at radius 3 is 2.47 bits per heavy atom. The van der Waals surface area contributed by atoms with Gasteiger partial charge in [-0.1, -0.05) is 48.5 Å². The van der Waals surface area contributed by atoms with Gasteiger partial charge in [0, 0.05) is 36.5 Å². The second-order valence-corrected chi connectivity index (χ2v) is 7.96. The Morgan fingerprint density at radius 1 is 1.06 bits per heavy atom. The Labute approximate surface area is 186 Å². The molecule has 4 aromatic rings. The van der Waals surface area contributed by atoms with Crippen LogP contribution in [0.5, 0.6) is 0 Å². The minimum absolute atomic E-state index is 0.0484. The Morgan fingerprint density at radius 2 is 1.78 bits per heavy atom. The smallest absolute Gasteiger partial charge is 0.245 e. The highest BCUT2D eigenvalue weighted by Gasteiger charge is 2.25. The first-order valence-corrected chi connectivity index (χ1v) is 10.9. The van der Waals surface area contributed by atoms with Crippen LogP contribution >= 0.6 is 0 Å². The summed E-state index contributed by atoms with van der Waals surface area (Å²) in [7, 11) is 0. The molecule has 1 atom stereocenters. The van der Waals surface area contributed by atoms with E-state index in [1.54, 1.807) is 12.4 Å². The number of nitrogens with zero attached hydrogens (tertiary/aromatic N) is 6. The first-order chi connectivity index (χ1) is 15.7. The summed E-state index contributed by atoms with van der Waals surface area (Å²) in [5, 5.41) is 12.8. The number of amides is 1. The number of aliphatic imine (C=N–C) groups is 1. The van der Waals surface area contributed by atoms with Crippen molar-refractivity contribution in [3.05, 3.63) is 73.2 Å². The Bertz CT molecular complexity index is 1240. The van der Waals surface area contributed by atoms with Gasteiger partial charge in [0.15, 0.2) is 0 Å². The number of aromatic nitrogens is 5. The summed E-state index contributed by atoms with van der Waals surface area (Å²) in [5.74, 6) is -0.0484. The molecule has 1 aliphatic rings. The zero-order valence-corrected chi connectivity index (χ0v) is 17.9. The van der Waals surface area contributed by atoms with Gasteiger partial charge in [0.1, 0.15) is 0 Å². The first-order valence-electron chi connectivity index (χ1n) is 10.9. The largest absolute Gasteiger partial charge is 0.273 e. The second kappa shape index (κ2) is 8.70. The molecule has 0 radical (unpaired) electrons. The first kappa shape index (κ1) is 20.1. The van der Waals surface area contributed by atoms with Crippen LogP contribution in [0.3, 0.4) is 0 Å². The fourth-order valence-electron chi connectivity index (χ4n) is 4.16. The lowest BCUT2D eigenvalue weighted by molar-refractivity contribution is -0.117. The van der Waals surface area contributed by atoms with Crippen LogP contribution in [0.1, 0.15) is 38.6 Å². The summed E-state index contributed by atoms with van der Waals surface area (Å²) in [6.45, 7) is 1.84. The molecule has 7 nitrogen and oxygen atoms in total. The van der Waals surface area contributed by atoms with E-state index in [2.05, 4.69) is 68.9 Å². The number of hydrogen-bond donors (Lipinski definition) is 0. The monoisotopic (exact) mass is 424 g/mol.